The van der Waals surface area contributed by atoms with Crippen molar-refractivity contribution in [3.05, 3.63) is 21.6 Å². The van der Waals surface area contributed by atoms with E-state index in [0.717, 1.165) is 4.68 Å². The molecule has 1 rings (SSSR count). The number of aliphatic hydroxyl groups is 1. The Bertz CT molecular complexity index is 510. The van der Waals surface area contributed by atoms with Crippen LogP contribution in [-0.4, -0.2) is 41.3 Å². The molecular weight excluding hydrogens is 270 g/mol. The van der Waals surface area contributed by atoms with Gasteiger partial charge in [-0.05, 0) is 6.42 Å². The van der Waals surface area contributed by atoms with Gasteiger partial charge in [0.05, 0.1) is 23.9 Å². The Morgan fingerprint density at radius 2 is 2.47 bits per heavy atom. The molecule has 1 aromatic rings. The van der Waals surface area contributed by atoms with Crippen molar-refractivity contribution < 1.29 is 9.84 Å². The first-order valence-electron chi connectivity index (χ1n) is 5.70. The predicted molar refractivity (Wildman–Crippen MR) is 73.3 cm³/mol. The summed E-state index contributed by atoms with van der Waals surface area (Å²) in [6, 6.07) is 0. The number of ether oxygens (including phenoxy) is 1. The lowest BCUT2D eigenvalue weighted by atomic mass is 10.2. The highest BCUT2D eigenvalue weighted by molar-refractivity contribution is 6.32. The Morgan fingerprint density at radius 3 is 3.11 bits per heavy atom. The van der Waals surface area contributed by atoms with E-state index in [1.54, 1.807) is 0 Å². The maximum absolute atomic E-state index is 12.0. The normalized spacial score (nSPS) is 11.9. The zero-order chi connectivity index (χ0) is 14.3. The van der Waals surface area contributed by atoms with Gasteiger partial charge in [-0.15, -0.1) is 6.42 Å². The van der Waals surface area contributed by atoms with Crippen LogP contribution in [0.2, 0.25) is 5.02 Å². The summed E-state index contributed by atoms with van der Waals surface area (Å²) < 4.78 is 5.94. The fourth-order valence-corrected chi connectivity index (χ4v) is 1.66. The summed E-state index contributed by atoms with van der Waals surface area (Å²) in [6.07, 6.45) is 6.34. The number of aromatic nitrogens is 2. The minimum Gasteiger partial charge on any atom is -0.391 e. The molecule has 0 spiro atoms. The van der Waals surface area contributed by atoms with E-state index in [9.17, 15) is 9.90 Å². The first-order valence-corrected chi connectivity index (χ1v) is 6.08. The number of nitrogens with zero attached hydrogens (tertiary/aromatic N) is 2. The molecule has 0 fully saturated rings. The lowest BCUT2D eigenvalue weighted by Crippen LogP contribution is -2.27. The molecule has 0 aromatic carbocycles. The molecule has 0 aliphatic carbocycles. The Morgan fingerprint density at radius 1 is 1.74 bits per heavy atom. The van der Waals surface area contributed by atoms with Crippen LogP contribution in [0.15, 0.2) is 11.0 Å². The summed E-state index contributed by atoms with van der Waals surface area (Å²) in [5.41, 5.74) is -0.150. The highest BCUT2D eigenvalue weighted by Crippen LogP contribution is 2.14. The van der Waals surface area contributed by atoms with Crippen molar-refractivity contribution in [2.75, 3.05) is 25.6 Å². The van der Waals surface area contributed by atoms with Crippen molar-refractivity contribution in [1.82, 2.24) is 9.78 Å². The number of methoxy groups -OCH3 is 1. The molecule has 0 saturated carbocycles. The number of hydrogen-bond donors (Lipinski definition) is 2. The van der Waals surface area contributed by atoms with Gasteiger partial charge in [0.1, 0.15) is 12.2 Å². The van der Waals surface area contributed by atoms with Crippen LogP contribution in [0.25, 0.3) is 0 Å². The molecule has 2 N–H and O–H groups in total. The molecule has 0 saturated heterocycles. The van der Waals surface area contributed by atoms with Crippen LogP contribution in [0.1, 0.15) is 6.42 Å². The summed E-state index contributed by atoms with van der Waals surface area (Å²) in [5.74, 6) is 2.34. The number of hydrogen-bond acceptors (Lipinski definition) is 5. The topological polar surface area (TPSA) is 76.4 Å². The quantitative estimate of drug-likeness (QED) is 0.707. The van der Waals surface area contributed by atoms with Crippen molar-refractivity contribution in [2.24, 2.45) is 0 Å². The lowest BCUT2D eigenvalue weighted by Gasteiger charge is -2.12. The van der Waals surface area contributed by atoms with Crippen molar-refractivity contribution in [2.45, 2.75) is 19.1 Å². The van der Waals surface area contributed by atoms with Crippen LogP contribution in [0.5, 0.6) is 0 Å². The maximum atomic E-state index is 12.0. The number of anilines is 1. The van der Waals surface area contributed by atoms with Gasteiger partial charge in [-0.1, -0.05) is 17.5 Å². The molecule has 0 radical (unpaired) electrons. The van der Waals surface area contributed by atoms with Crippen LogP contribution in [0, 0.1) is 12.3 Å². The van der Waals surface area contributed by atoms with Gasteiger partial charge in [0, 0.05) is 13.7 Å². The molecule has 0 aliphatic rings. The van der Waals surface area contributed by atoms with Gasteiger partial charge < -0.3 is 15.2 Å². The summed E-state index contributed by atoms with van der Waals surface area (Å²) in [5, 5.41) is 16.4. The molecule has 104 valence electrons. The third-order valence-electron chi connectivity index (χ3n) is 2.38. The standard InChI is InChI=1S/C12H16ClN3O3/c1-3-6-16-12(18)11(10(13)7-15-16)14-5-4-9(17)8-19-2/h1,7,9,14,17H,4-6,8H2,2H3. The van der Waals surface area contributed by atoms with Gasteiger partial charge in [0.2, 0.25) is 0 Å². The van der Waals surface area contributed by atoms with Crippen LogP contribution in [-0.2, 0) is 11.3 Å². The molecule has 7 heteroatoms. The van der Waals surface area contributed by atoms with E-state index in [4.69, 9.17) is 22.8 Å². The SMILES string of the molecule is C#CCn1ncc(Cl)c(NCCC(O)COC)c1=O. The van der Waals surface area contributed by atoms with Gasteiger partial charge in [-0.3, -0.25) is 4.79 Å². The lowest BCUT2D eigenvalue weighted by molar-refractivity contribution is 0.0615. The Kier molecular flexibility index (Phi) is 6.36. The summed E-state index contributed by atoms with van der Waals surface area (Å²) >= 11 is 5.90. The summed E-state index contributed by atoms with van der Waals surface area (Å²) in [6.45, 7) is 0.712. The van der Waals surface area contributed by atoms with E-state index in [0.29, 0.717) is 13.0 Å². The number of halogens is 1. The Hall–Kier alpha value is -1.55. The van der Waals surface area contributed by atoms with Crippen LogP contribution < -0.4 is 10.9 Å². The summed E-state index contributed by atoms with van der Waals surface area (Å²) in [4.78, 5) is 12.0. The monoisotopic (exact) mass is 285 g/mol. The first kappa shape index (κ1) is 15.5. The largest absolute Gasteiger partial charge is 0.391 e. The second-order valence-electron chi connectivity index (χ2n) is 3.86. The minimum absolute atomic E-state index is 0.0803. The molecule has 1 heterocycles. The number of nitrogens with one attached hydrogen (secondary N) is 1. The zero-order valence-electron chi connectivity index (χ0n) is 10.6. The number of rotatable bonds is 7. The van der Waals surface area contributed by atoms with E-state index < -0.39 is 6.10 Å². The second-order valence-corrected chi connectivity index (χ2v) is 4.27. The van der Waals surface area contributed by atoms with Crippen LogP contribution in [0.4, 0.5) is 5.69 Å². The van der Waals surface area contributed by atoms with Gasteiger partial charge in [-0.25, -0.2) is 4.68 Å². The van der Waals surface area contributed by atoms with Crippen molar-refractivity contribution >= 4 is 17.3 Å². The van der Waals surface area contributed by atoms with Crippen molar-refractivity contribution in [1.29, 1.82) is 0 Å². The fourth-order valence-electron chi connectivity index (χ4n) is 1.47. The van der Waals surface area contributed by atoms with Gasteiger partial charge in [0.15, 0.2) is 0 Å². The van der Waals surface area contributed by atoms with Crippen molar-refractivity contribution in [3.63, 3.8) is 0 Å². The van der Waals surface area contributed by atoms with E-state index in [1.165, 1.54) is 13.3 Å². The highest BCUT2D eigenvalue weighted by atomic mass is 35.5. The molecule has 0 bridgehead atoms. The van der Waals surface area contributed by atoms with Gasteiger partial charge in [-0.2, -0.15) is 5.10 Å². The Balaban J connectivity index is 2.70. The first-order chi connectivity index (χ1) is 9.10. The number of aliphatic hydroxyl groups excluding tert-OH is 1. The fraction of sp³-hybridized carbons (Fsp3) is 0.500. The van der Waals surface area contributed by atoms with E-state index in [1.807, 2.05) is 0 Å². The molecular formula is C12H16ClN3O3. The molecule has 0 amide bonds. The van der Waals surface area contributed by atoms with E-state index >= 15 is 0 Å². The minimum atomic E-state index is -0.592. The third kappa shape index (κ3) is 4.56. The molecule has 1 aromatic heterocycles. The zero-order valence-corrected chi connectivity index (χ0v) is 11.4. The maximum Gasteiger partial charge on any atom is 0.292 e. The summed E-state index contributed by atoms with van der Waals surface area (Å²) in [7, 11) is 1.51. The molecule has 6 nitrogen and oxygen atoms in total. The third-order valence-corrected chi connectivity index (χ3v) is 2.66. The Labute approximate surface area is 116 Å². The molecule has 1 atom stereocenters. The van der Waals surface area contributed by atoms with Crippen molar-refractivity contribution in [3.8, 4) is 12.3 Å². The predicted octanol–water partition coefficient (Wildman–Crippen LogP) is 0.339. The van der Waals surface area contributed by atoms with E-state index in [-0.39, 0.29) is 29.4 Å². The average molecular weight is 286 g/mol. The smallest absolute Gasteiger partial charge is 0.292 e. The highest BCUT2D eigenvalue weighted by Gasteiger charge is 2.10. The van der Waals surface area contributed by atoms with Crippen LogP contribution >= 0.6 is 11.6 Å². The van der Waals surface area contributed by atoms with Gasteiger partial charge >= 0.3 is 0 Å². The number of terminal acetylenes is 1. The molecule has 1 unspecified atom stereocenters. The van der Waals surface area contributed by atoms with Crippen LogP contribution in [0.3, 0.4) is 0 Å². The molecule has 19 heavy (non-hydrogen) atoms. The van der Waals surface area contributed by atoms with Gasteiger partial charge in [0.25, 0.3) is 5.56 Å². The average Bonchev–Trinajstić information content (AvgIpc) is 2.37. The van der Waals surface area contributed by atoms with E-state index in [2.05, 4.69) is 16.3 Å². The molecule has 0 aliphatic heterocycles. The second kappa shape index (κ2) is 7.79.